The summed E-state index contributed by atoms with van der Waals surface area (Å²) in [5, 5.41) is 23.0. The highest BCUT2D eigenvalue weighted by atomic mass is 32.1. The summed E-state index contributed by atoms with van der Waals surface area (Å²) in [5.74, 6) is 0.369. The zero-order valence-electron chi connectivity index (χ0n) is 11.1. The Morgan fingerprint density at radius 3 is 2.33 bits per heavy atom. The van der Waals surface area contributed by atoms with Crippen molar-refractivity contribution in [1.29, 1.82) is 0 Å². The van der Waals surface area contributed by atoms with E-state index in [2.05, 4.69) is 22.4 Å². The van der Waals surface area contributed by atoms with Gasteiger partial charge in [-0.2, -0.15) is 4.99 Å². The Labute approximate surface area is 130 Å². The van der Waals surface area contributed by atoms with Crippen LogP contribution < -0.4 is 0 Å². The van der Waals surface area contributed by atoms with Gasteiger partial charge in [0.2, 0.25) is 0 Å². The summed E-state index contributed by atoms with van der Waals surface area (Å²) < 4.78 is 0.698. The number of nitrogens with zero attached hydrogens (tertiary/aromatic N) is 1. The molecule has 5 heteroatoms. The van der Waals surface area contributed by atoms with Crippen molar-refractivity contribution in [2.24, 2.45) is 4.99 Å². The van der Waals surface area contributed by atoms with E-state index in [0.717, 1.165) is 21.7 Å². The second kappa shape index (κ2) is 5.30. The van der Waals surface area contributed by atoms with Crippen LogP contribution in [0.15, 0.2) is 41.4 Å². The molecule has 104 valence electrons. The lowest BCUT2D eigenvalue weighted by atomic mass is 10.1. The fourth-order valence-electron chi connectivity index (χ4n) is 2.33. The number of aryl methyl sites for hydroxylation is 1. The summed E-state index contributed by atoms with van der Waals surface area (Å²) in [7, 11) is 0. The van der Waals surface area contributed by atoms with Gasteiger partial charge in [-0.15, -0.1) is 11.3 Å². The van der Waals surface area contributed by atoms with Gasteiger partial charge in [0.05, 0.1) is 15.5 Å². The van der Waals surface area contributed by atoms with Crippen LogP contribution in [-0.4, -0.2) is 15.4 Å². The van der Waals surface area contributed by atoms with Crippen molar-refractivity contribution in [3.05, 3.63) is 42.0 Å². The van der Waals surface area contributed by atoms with Gasteiger partial charge < -0.3 is 10.2 Å². The van der Waals surface area contributed by atoms with Gasteiger partial charge in [0, 0.05) is 10.3 Å². The SMILES string of the molecule is Cc1c(-c2ccc(N=C=S)cc2)sc2c(O)ccc(O)c12. The summed E-state index contributed by atoms with van der Waals surface area (Å²) in [4.78, 5) is 4.94. The second-order valence-corrected chi connectivity index (χ2v) is 5.82. The van der Waals surface area contributed by atoms with Crippen LogP contribution in [-0.2, 0) is 0 Å². The summed E-state index contributed by atoms with van der Waals surface area (Å²) in [6.45, 7) is 1.94. The third-order valence-electron chi connectivity index (χ3n) is 3.34. The van der Waals surface area contributed by atoms with Crippen LogP contribution in [0, 0.1) is 6.92 Å². The standard InChI is InChI=1S/C16H11NO2S2/c1-9-14-12(18)6-7-13(19)16(14)21-15(9)10-2-4-11(5-3-10)17-8-20/h2-7,18-19H,1H3. The molecule has 0 bridgehead atoms. The molecule has 1 heterocycles. The van der Waals surface area contributed by atoms with E-state index in [1.165, 1.54) is 23.5 Å². The molecule has 0 unspecified atom stereocenters. The van der Waals surface area contributed by atoms with Gasteiger partial charge in [0.1, 0.15) is 11.5 Å². The zero-order chi connectivity index (χ0) is 15.0. The van der Waals surface area contributed by atoms with E-state index in [9.17, 15) is 10.2 Å². The minimum absolute atomic E-state index is 0.184. The molecule has 0 saturated heterocycles. The molecule has 0 radical (unpaired) electrons. The predicted molar refractivity (Wildman–Crippen MR) is 90.0 cm³/mol. The first kappa shape index (κ1) is 13.8. The molecule has 3 nitrogen and oxygen atoms in total. The van der Waals surface area contributed by atoms with E-state index >= 15 is 0 Å². The maximum absolute atomic E-state index is 10.0. The van der Waals surface area contributed by atoms with Crippen molar-refractivity contribution >= 4 is 44.5 Å². The first-order chi connectivity index (χ1) is 10.1. The molecule has 21 heavy (non-hydrogen) atoms. The summed E-state index contributed by atoms with van der Waals surface area (Å²) in [6, 6.07) is 10.6. The summed E-state index contributed by atoms with van der Waals surface area (Å²) >= 11 is 6.04. The topological polar surface area (TPSA) is 52.8 Å². The van der Waals surface area contributed by atoms with Gasteiger partial charge in [-0.05, 0) is 54.5 Å². The first-order valence-electron chi connectivity index (χ1n) is 6.24. The Morgan fingerprint density at radius 2 is 1.71 bits per heavy atom. The van der Waals surface area contributed by atoms with E-state index in [4.69, 9.17) is 0 Å². The number of thiocarbonyl (C=S) groups is 1. The number of aromatic hydroxyl groups is 2. The van der Waals surface area contributed by atoms with Gasteiger partial charge in [-0.25, -0.2) is 0 Å². The van der Waals surface area contributed by atoms with Crippen LogP contribution in [0.2, 0.25) is 0 Å². The normalized spacial score (nSPS) is 10.5. The molecule has 0 fully saturated rings. The van der Waals surface area contributed by atoms with Crippen LogP contribution in [0.1, 0.15) is 5.56 Å². The highest BCUT2D eigenvalue weighted by Crippen LogP contribution is 2.45. The predicted octanol–water partition coefficient (Wildman–Crippen LogP) is 5.02. The first-order valence-corrected chi connectivity index (χ1v) is 7.46. The van der Waals surface area contributed by atoms with Gasteiger partial charge in [0.25, 0.3) is 0 Å². The molecule has 3 aromatic rings. The Bertz CT molecular complexity index is 875. The minimum atomic E-state index is 0.184. The molecular weight excluding hydrogens is 302 g/mol. The zero-order valence-corrected chi connectivity index (χ0v) is 12.8. The quantitative estimate of drug-likeness (QED) is 0.397. The Hall–Kier alpha value is -2.20. The number of hydrogen-bond acceptors (Lipinski definition) is 5. The van der Waals surface area contributed by atoms with Crippen molar-refractivity contribution in [2.45, 2.75) is 6.92 Å². The van der Waals surface area contributed by atoms with E-state index < -0.39 is 0 Å². The highest BCUT2D eigenvalue weighted by molar-refractivity contribution is 7.78. The van der Waals surface area contributed by atoms with Crippen molar-refractivity contribution < 1.29 is 10.2 Å². The number of phenols is 2. The number of benzene rings is 2. The summed E-state index contributed by atoms with van der Waals surface area (Å²) in [6.07, 6.45) is 0. The lowest BCUT2D eigenvalue weighted by molar-refractivity contribution is 0.470. The fraction of sp³-hybridized carbons (Fsp3) is 0.0625. The smallest absolute Gasteiger partial charge is 0.133 e. The van der Waals surface area contributed by atoms with Crippen LogP contribution in [0.4, 0.5) is 5.69 Å². The molecule has 0 aliphatic carbocycles. The molecule has 0 spiro atoms. The van der Waals surface area contributed by atoms with Gasteiger partial charge in [0.15, 0.2) is 0 Å². The molecule has 2 N–H and O–H groups in total. The van der Waals surface area contributed by atoms with E-state index in [0.29, 0.717) is 10.1 Å². The largest absolute Gasteiger partial charge is 0.507 e. The van der Waals surface area contributed by atoms with Crippen molar-refractivity contribution in [3.8, 4) is 21.9 Å². The van der Waals surface area contributed by atoms with E-state index in [1.807, 2.05) is 31.2 Å². The lowest BCUT2D eigenvalue weighted by Crippen LogP contribution is -1.77. The average molecular weight is 313 g/mol. The molecule has 3 rings (SSSR count). The lowest BCUT2D eigenvalue weighted by Gasteiger charge is -2.01. The maximum Gasteiger partial charge on any atom is 0.133 e. The number of thiophene rings is 1. The molecular formula is C16H11NO2S2. The molecule has 0 atom stereocenters. The third kappa shape index (κ3) is 2.32. The molecule has 1 aromatic heterocycles. The molecule has 0 amide bonds. The van der Waals surface area contributed by atoms with E-state index in [-0.39, 0.29) is 11.5 Å². The second-order valence-electron chi connectivity index (χ2n) is 4.61. The van der Waals surface area contributed by atoms with Gasteiger partial charge in [-0.3, -0.25) is 0 Å². The third-order valence-corrected chi connectivity index (χ3v) is 4.79. The fourth-order valence-corrected chi connectivity index (χ4v) is 3.69. The van der Waals surface area contributed by atoms with Crippen LogP contribution in [0.3, 0.4) is 0 Å². The number of rotatable bonds is 2. The highest BCUT2D eigenvalue weighted by Gasteiger charge is 2.16. The van der Waals surface area contributed by atoms with Crippen LogP contribution >= 0.6 is 23.6 Å². The number of aliphatic imine (C=N–C) groups is 1. The number of isothiocyanates is 1. The van der Waals surface area contributed by atoms with Crippen molar-refractivity contribution in [2.75, 3.05) is 0 Å². The minimum Gasteiger partial charge on any atom is -0.507 e. The monoisotopic (exact) mass is 313 g/mol. The Morgan fingerprint density at radius 1 is 1.05 bits per heavy atom. The molecule has 0 saturated carbocycles. The molecule has 0 aliphatic rings. The average Bonchev–Trinajstić information content (AvgIpc) is 2.83. The van der Waals surface area contributed by atoms with E-state index in [1.54, 1.807) is 0 Å². The van der Waals surface area contributed by atoms with Gasteiger partial charge in [-0.1, -0.05) is 12.1 Å². The number of fused-ring (bicyclic) bond motifs is 1. The van der Waals surface area contributed by atoms with Crippen LogP contribution in [0.5, 0.6) is 11.5 Å². The number of phenolic OH excluding ortho intramolecular Hbond substituents is 2. The molecule has 2 aromatic carbocycles. The molecule has 0 aliphatic heterocycles. The Kier molecular flexibility index (Phi) is 3.47. The number of hydrogen-bond donors (Lipinski definition) is 2. The van der Waals surface area contributed by atoms with Gasteiger partial charge >= 0.3 is 0 Å². The van der Waals surface area contributed by atoms with Crippen LogP contribution in [0.25, 0.3) is 20.5 Å². The summed E-state index contributed by atoms with van der Waals surface area (Å²) in [5.41, 5.74) is 2.71. The maximum atomic E-state index is 10.0. The van der Waals surface area contributed by atoms with Crippen molar-refractivity contribution in [3.63, 3.8) is 0 Å². The Balaban J connectivity index is 2.21. The van der Waals surface area contributed by atoms with Crippen molar-refractivity contribution in [1.82, 2.24) is 0 Å².